The van der Waals surface area contributed by atoms with E-state index < -0.39 is 17.8 Å². The molecule has 0 aromatic heterocycles. The predicted octanol–water partition coefficient (Wildman–Crippen LogP) is 2.26. The minimum Gasteiger partial charge on any atom is -0.480 e. The maximum absolute atomic E-state index is 13.6. The molecule has 4 heteroatoms. The third-order valence-corrected chi connectivity index (χ3v) is 3.02. The molecule has 1 aliphatic rings. The molecule has 1 aliphatic carbocycles. The maximum atomic E-state index is 13.6. The predicted molar refractivity (Wildman–Crippen MR) is 62.2 cm³/mol. The van der Waals surface area contributed by atoms with Crippen molar-refractivity contribution in [1.82, 2.24) is 5.32 Å². The van der Waals surface area contributed by atoms with Gasteiger partial charge in [-0.15, -0.1) is 0 Å². The van der Waals surface area contributed by atoms with Gasteiger partial charge in [0.15, 0.2) is 0 Å². The fourth-order valence-corrected chi connectivity index (χ4v) is 1.82. The average Bonchev–Trinajstić information content (AvgIpc) is 3.06. The Labute approximate surface area is 99.7 Å². The van der Waals surface area contributed by atoms with Gasteiger partial charge in [0.05, 0.1) is 0 Å². The number of carboxylic acids is 1. The average molecular weight is 237 g/mol. The van der Waals surface area contributed by atoms with Crippen molar-refractivity contribution in [2.45, 2.75) is 25.8 Å². The van der Waals surface area contributed by atoms with Crippen molar-refractivity contribution >= 4 is 5.97 Å². The Bertz CT molecular complexity index is 429. The molecule has 0 radical (unpaired) electrons. The molecule has 1 aromatic carbocycles. The first-order valence-corrected chi connectivity index (χ1v) is 5.80. The van der Waals surface area contributed by atoms with E-state index in [1.54, 1.807) is 12.1 Å². The van der Waals surface area contributed by atoms with Crippen LogP contribution in [-0.2, 0) is 4.79 Å². The van der Waals surface area contributed by atoms with Crippen LogP contribution in [0.15, 0.2) is 18.2 Å². The van der Waals surface area contributed by atoms with Gasteiger partial charge < -0.3 is 10.4 Å². The number of carboxylic acid groups (broad SMARTS) is 1. The van der Waals surface area contributed by atoms with Crippen molar-refractivity contribution in [3.63, 3.8) is 0 Å². The Morgan fingerprint density at radius 2 is 2.29 bits per heavy atom. The first kappa shape index (κ1) is 12.0. The van der Waals surface area contributed by atoms with Crippen molar-refractivity contribution in [3.8, 4) is 0 Å². The monoisotopic (exact) mass is 237 g/mol. The topological polar surface area (TPSA) is 49.3 Å². The van der Waals surface area contributed by atoms with Gasteiger partial charge in [-0.1, -0.05) is 17.7 Å². The van der Waals surface area contributed by atoms with Gasteiger partial charge in [0.2, 0.25) is 0 Å². The molecule has 1 fully saturated rings. The summed E-state index contributed by atoms with van der Waals surface area (Å²) in [6.45, 7) is 2.47. The van der Waals surface area contributed by atoms with E-state index in [4.69, 9.17) is 5.11 Å². The summed E-state index contributed by atoms with van der Waals surface area (Å²) < 4.78 is 13.6. The van der Waals surface area contributed by atoms with Gasteiger partial charge in [0.1, 0.15) is 11.9 Å². The maximum Gasteiger partial charge on any atom is 0.325 e. The largest absolute Gasteiger partial charge is 0.480 e. The normalized spacial score (nSPS) is 16.8. The van der Waals surface area contributed by atoms with E-state index >= 15 is 0 Å². The van der Waals surface area contributed by atoms with E-state index in [1.807, 2.05) is 6.92 Å². The lowest BCUT2D eigenvalue weighted by Crippen LogP contribution is -2.30. The lowest BCUT2D eigenvalue weighted by atomic mass is 10.0. The standard InChI is InChI=1S/C13H16FNO2/c1-8-2-5-11(14)10(6-8)12(13(16)17)15-7-9-3-4-9/h2,5-6,9,12,15H,3-4,7H2,1H3,(H,16,17). The zero-order valence-corrected chi connectivity index (χ0v) is 9.74. The Balaban J connectivity index is 2.17. The van der Waals surface area contributed by atoms with E-state index in [0.717, 1.165) is 18.4 Å². The number of carbonyl (C=O) groups is 1. The highest BCUT2D eigenvalue weighted by Crippen LogP contribution is 2.29. The molecule has 2 rings (SSSR count). The Morgan fingerprint density at radius 1 is 1.59 bits per heavy atom. The van der Waals surface area contributed by atoms with Gasteiger partial charge in [-0.3, -0.25) is 4.79 Å². The number of aryl methyl sites for hydroxylation is 1. The number of benzene rings is 1. The highest BCUT2D eigenvalue weighted by molar-refractivity contribution is 5.75. The molecule has 1 unspecified atom stereocenters. The fraction of sp³-hybridized carbons (Fsp3) is 0.462. The van der Waals surface area contributed by atoms with Gasteiger partial charge in [0.25, 0.3) is 0 Å². The van der Waals surface area contributed by atoms with Crippen molar-refractivity contribution in [3.05, 3.63) is 35.1 Å². The molecule has 0 saturated heterocycles. The number of hydrogen-bond acceptors (Lipinski definition) is 2. The first-order valence-electron chi connectivity index (χ1n) is 5.80. The number of nitrogens with one attached hydrogen (secondary N) is 1. The van der Waals surface area contributed by atoms with E-state index in [2.05, 4.69) is 5.32 Å². The molecule has 3 nitrogen and oxygen atoms in total. The molecule has 0 bridgehead atoms. The zero-order valence-electron chi connectivity index (χ0n) is 9.74. The molecule has 1 atom stereocenters. The Hall–Kier alpha value is -1.42. The summed E-state index contributed by atoms with van der Waals surface area (Å²) in [5.74, 6) is -0.939. The van der Waals surface area contributed by atoms with Gasteiger partial charge in [-0.05, 0) is 38.3 Å². The van der Waals surface area contributed by atoms with Gasteiger partial charge >= 0.3 is 5.97 Å². The fourth-order valence-electron chi connectivity index (χ4n) is 1.82. The van der Waals surface area contributed by atoms with E-state index in [9.17, 15) is 9.18 Å². The summed E-state index contributed by atoms with van der Waals surface area (Å²) in [7, 11) is 0. The van der Waals surface area contributed by atoms with Crippen LogP contribution in [0.3, 0.4) is 0 Å². The third-order valence-electron chi connectivity index (χ3n) is 3.02. The van der Waals surface area contributed by atoms with Gasteiger partial charge in [0, 0.05) is 5.56 Å². The smallest absolute Gasteiger partial charge is 0.325 e. The van der Waals surface area contributed by atoms with Crippen molar-refractivity contribution in [1.29, 1.82) is 0 Å². The Morgan fingerprint density at radius 3 is 2.88 bits per heavy atom. The molecule has 0 heterocycles. The highest BCUT2D eigenvalue weighted by Gasteiger charge is 2.27. The molecule has 0 amide bonds. The number of halogens is 1. The number of rotatable bonds is 5. The molecule has 0 aliphatic heterocycles. The second-order valence-corrected chi connectivity index (χ2v) is 4.65. The Kier molecular flexibility index (Phi) is 3.43. The second-order valence-electron chi connectivity index (χ2n) is 4.65. The zero-order chi connectivity index (χ0) is 12.4. The van der Waals surface area contributed by atoms with Gasteiger partial charge in [-0.2, -0.15) is 0 Å². The quantitative estimate of drug-likeness (QED) is 0.825. The molecule has 1 aromatic rings. The SMILES string of the molecule is Cc1ccc(F)c(C(NCC2CC2)C(=O)O)c1. The summed E-state index contributed by atoms with van der Waals surface area (Å²) in [4.78, 5) is 11.2. The highest BCUT2D eigenvalue weighted by atomic mass is 19.1. The minimum atomic E-state index is -1.03. The lowest BCUT2D eigenvalue weighted by Gasteiger charge is -2.15. The first-order chi connectivity index (χ1) is 8.08. The van der Waals surface area contributed by atoms with Crippen LogP contribution in [0.5, 0.6) is 0 Å². The lowest BCUT2D eigenvalue weighted by molar-refractivity contribution is -0.139. The molecular weight excluding hydrogens is 221 g/mol. The number of aliphatic carboxylic acids is 1. The van der Waals surface area contributed by atoms with Crippen LogP contribution in [0.4, 0.5) is 4.39 Å². The minimum absolute atomic E-state index is 0.221. The van der Waals surface area contributed by atoms with Crippen LogP contribution >= 0.6 is 0 Å². The summed E-state index contributed by atoms with van der Waals surface area (Å²) in [5, 5.41) is 12.1. The summed E-state index contributed by atoms with van der Waals surface area (Å²) in [6, 6.07) is 3.60. The van der Waals surface area contributed by atoms with Gasteiger partial charge in [-0.25, -0.2) is 4.39 Å². The molecule has 17 heavy (non-hydrogen) atoms. The summed E-state index contributed by atoms with van der Waals surface area (Å²) >= 11 is 0. The summed E-state index contributed by atoms with van der Waals surface area (Å²) in [6.07, 6.45) is 2.27. The number of hydrogen-bond donors (Lipinski definition) is 2. The molecular formula is C13H16FNO2. The van der Waals surface area contributed by atoms with Crippen molar-refractivity contribution in [2.75, 3.05) is 6.54 Å². The molecule has 92 valence electrons. The van der Waals surface area contributed by atoms with Crippen LogP contribution in [0.1, 0.15) is 30.0 Å². The molecule has 0 spiro atoms. The van der Waals surface area contributed by atoms with Crippen molar-refractivity contribution < 1.29 is 14.3 Å². The van der Waals surface area contributed by atoms with Crippen LogP contribution in [0.2, 0.25) is 0 Å². The molecule has 1 saturated carbocycles. The van der Waals surface area contributed by atoms with Crippen LogP contribution < -0.4 is 5.32 Å². The van der Waals surface area contributed by atoms with E-state index in [1.165, 1.54) is 6.07 Å². The third kappa shape index (κ3) is 3.03. The van der Waals surface area contributed by atoms with E-state index in [-0.39, 0.29) is 5.56 Å². The second kappa shape index (κ2) is 4.84. The van der Waals surface area contributed by atoms with Crippen LogP contribution in [0, 0.1) is 18.7 Å². The van der Waals surface area contributed by atoms with Crippen LogP contribution in [-0.4, -0.2) is 17.6 Å². The summed E-state index contributed by atoms with van der Waals surface area (Å²) in [5.41, 5.74) is 1.08. The van der Waals surface area contributed by atoms with Crippen LogP contribution in [0.25, 0.3) is 0 Å². The van der Waals surface area contributed by atoms with E-state index in [0.29, 0.717) is 12.5 Å². The van der Waals surface area contributed by atoms with Crippen molar-refractivity contribution in [2.24, 2.45) is 5.92 Å². The molecule has 2 N–H and O–H groups in total.